The van der Waals surface area contributed by atoms with Gasteiger partial charge in [0.2, 0.25) is 0 Å². The van der Waals surface area contributed by atoms with E-state index in [2.05, 4.69) is 46.5 Å². The standard InChI is InChI=1S/C15H16N4S/c1-12-8-18-15(20-12)10-17-9-13-2-4-14(5-3-13)19-7-6-16-11-19/h2-8,11,17H,9-10H2,1H3. The van der Waals surface area contributed by atoms with Crippen molar-refractivity contribution in [1.82, 2.24) is 19.9 Å². The first kappa shape index (κ1) is 13.0. The lowest BCUT2D eigenvalue weighted by molar-refractivity contribution is 0.690. The largest absolute Gasteiger partial charge is 0.306 e. The number of rotatable bonds is 5. The van der Waals surface area contributed by atoms with Gasteiger partial charge in [0.05, 0.1) is 6.33 Å². The molecule has 3 rings (SSSR count). The normalized spacial score (nSPS) is 10.8. The molecule has 2 aromatic heterocycles. The average molecular weight is 284 g/mol. The van der Waals surface area contributed by atoms with E-state index in [0.29, 0.717) is 0 Å². The van der Waals surface area contributed by atoms with Crippen LogP contribution in [0, 0.1) is 6.92 Å². The fourth-order valence-electron chi connectivity index (χ4n) is 1.99. The highest BCUT2D eigenvalue weighted by Crippen LogP contribution is 2.12. The lowest BCUT2D eigenvalue weighted by atomic mass is 10.2. The minimum absolute atomic E-state index is 0.821. The molecule has 5 heteroatoms. The van der Waals surface area contributed by atoms with Crippen LogP contribution >= 0.6 is 11.3 Å². The number of imidazole rings is 1. The maximum absolute atomic E-state index is 4.34. The molecular formula is C15H16N4S. The second-order valence-electron chi connectivity index (χ2n) is 4.60. The summed E-state index contributed by atoms with van der Waals surface area (Å²) in [4.78, 5) is 9.65. The van der Waals surface area contributed by atoms with Gasteiger partial charge in [-0.25, -0.2) is 9.97 Å². The number of nitrogens with zero attached hydrogens (tertiary/aromatic N) is 3. The van der Waals surface area contributed by atoms with Gasteiger partial charge in [-0.15, -0.1) is 11.3 Å². The van der Waals surface area contributed by atoms with E-state index in [4.69, 9.17) is 0 Å². The molecule has 0 aliphatic carbocycles. The highest BCUT2D eigenvalue weighted by Gasteiger charge is 1.99. The van der Waals surface area contributed by atoms with Crippen molar-refractivity contribution < 1.29 is 0 Å². The van der Waals surface area contributed by atoms with Gasteiger partial charge in [0.15, 0.2) is 0 Å². The summed E-state index contributed by atoms with van der Waals surface area (Å²) in [6, 6.07) is 8.48. The number of aromatic nitrogens is 3. The summed E-state index contributed by atoms with van der Waals surface area (Å²) in [6.45, 7) is 3.75. The van der Waals surface area contributed by atoms with Crippen LogP contribution in [0.2, 0.25) is 0 Å². The van der Waals surface area contributed by atoms with E-state index in [1.165, 1.54) is 10.4 Å². The lowest BCUT2D eigenvalue weighted by Crippen LogP contribution is -2.12. The summed E-state index contributed by atoms with van der Waals surface area (Å²) < 4.78 is 2.00. The number of hydrogen-bond donors (Lipinski definition) is 1. The third-order valence-electron chi connectivity index (χ3n) is 3.01. The molecule has 0 bridgehead atoms. The molecule has 0 saturated carbocycles. The van der Waals surface area contributed by atoms with Gasteiger partial charge in [-0.05, 0) is 24.6 Å². The molecule has 1 aromatic carbocycles. The molecule has 0 unspecified atom stereocenters. The van der Waals surface area contributed by atoms with Crippen LogP contribution in [0.25, 0.3) is 5.69 Å². The summed E-state index contributed by atoms with van der Waals surface area (Å²) in [5.41, 5.74) is 2.39. The number of hydrogen-bond acceptors (Lipinski definition) is 4. The predicted molar refractivity (Wildman–Crippen MR) is 81.0 cm³/mol. The Morgan fingerprint density at radius 3 is 2.70 bits per heavy atom. The van der Waals surface area contributed by atoms with Crippen molar-refractivity contribution in [3.8, 4) is 5.69 Å². The maximum atomic E-state index is 4.34. The molecule has 4 nitrogen and oxygen atoms in total. The van der Waals surface area contributed by atoms with E-state index in [1.807, 2.05) is 17.0 Å². The third-order valence-corrected chi connectivity index (χ3v) is 3.93. The van der Waals surface area contributed by atoms with Gasteiger partial charge in [0, 0.05) is 42.2 Å². The third kappa shape index (κ3) is 3.12. The second kappa shape index (κ2) is 5.98. The first-order valence-electron chi connectivity index (χ1n) is 6.50. The van der Waals surface area contributed by atoms with Crippen LogP contribution in [0.1, 0.15) is 15.4 Å². The van der Waals surface area contributed by atoms with Crippen molar-refractivity contribution in [2.45, 2.75) is 20.0 Å². The van der Waals surface area contributed by atoms with Crippen LogP contribution in [-0.4, -0.2) is 14.5 Å². The molecule has 1 N–H and O–H groups in total. The molecule has 0 aliphatic heterocycles. The smallest absolute Gasteiger partial charge is 0.107 e. The first-order chi connectivity index (χ1) is 9.81. The molecular weight excluding hydrogens is 268 g/mol. The predicted octanol–water partition coefficient (Wildman–Crippen LogP) is 2.93. The van der Waals surface area contributed by atoms with Crippen LogP contribution in [0.3, 0.4) is 0 Å². The molecule has 0 atom stereocenters. The number of nitrogens with one attached hydrogen (secondary N) is 1. The van der Waals surface area contributed by atoms with Crippen molar-refractivity contribution in [3.05, 3.63) is 64.6 Å². The molecule has 0 radical (unpaired) electrons. The Morgan fingerprint density at radius 2 is 2.05 bits per heavy atom. The van der Waals surface area contributed by atoms with E-state index >= 15 is 0 Å². The van der Waals surface area contributed by atoms with Gasteiger partial charge >= 0.3 is 0 Å². The minimum Gasteiger partial charge on any atom is -0.306 e. The Bertz CT molecular complexity index is 656. The van der Waals surface area contributed by atoms with Crippen LogP contribution < -0.4 is 5.32 Å². The lowest BCUT2D eigenvalue weighted by Gasteiger charge is -2.05. The molecule has 20 heavy (non-hydrogen) atoms. The van der Waals surface area contributed by atoms with Gasteiger partial charge in [-0.1, -0.05) is 12.1 Å². The van der Waals surface area contributed by atoms with Crippen molar-refractivity contribution >= 4 is 11.3 Å². The quantitative estimate of drug-likeness (QED) is 0.783. The van der Waals surface area contributed by atoms with Crippen LogP contribution in [0.15, 0.2) is 49.2 Å². The fraction of sp³-hybridized carbons (Fsp3) is 0.200. The SMILES string of the molecule is Cc1cnc(CNCc2ccc(-n3ccnc3)cc2)s1. The van der Waals surface area contributed by atoms with Gasteiger partial charge < -0.3 is 9.88 Å². The zero-order valence-corrected chi connectivity index (χ0v) is 12.1. The molecule has 0 fully saturated rings. The summed E-state index contributed by atoms with van der Waals surface area (Å²) >= 11 is 1.74. The number of aryl methyl sites for hydroxylation is 1. The molecule has 0 spiro atoms. The molecule has 3 aromatic rings. The zero-order chi connectivity index (χ0) is 13.8. The van der Waals surface area contributed by atoms with E-state index in [1.54, 1.807) is 23.9 Å². The number of thiazole rings is 1. The minimum atomic E-state index is 0.821. The Morgan fingerprint density at radius 1 is 1.20 bits per heavy atom. The topological polar surface area (TPSA) is 42.7 Å². The first-order valence-corrected chi connectivity index (χ1v) is 7.32. The zero-order valence-electron chi connectivity index (χ0n) is 11.3. The molecule has 0 amide bonds. The van der Waals surface area contributed by atoms with E-state index in [-0.39, 0.29) is 0 Å². The van der Waals surface area contributed by atoms with Gasteiger partial charge in [-0.2, -0.15) is 0 Å². The summed E-state index contributed by atoms with van der Waals surface area (Å²) in [6.07, 6.45) is 7.45. The average Bonchev–Trinajstić information content (AvgIpc) is 3.11. The summed E-state index contributed by atoms with van der Waals surface area (Å²) in [5.74, 6) is 0. The Hall–Kier alpha value is -1.98. The van der Waals surface area contributed by atoms with Crippen LogP contribution in [-0.2, 0) is 13.1 Å². The highest BCUT2D eigenvalue weighted by molar-refractivity contribution is 7.11. The van der Waals surface area contributed by atoms with Crippen molar-refractivity contribution in [3.63, 3.8) is 0 Å². The van der Waals surface area contributed by atoms with E-state index < -0.39 is 0 Å². The Labute approximate surface area is 122 Å². The molecule has 102 valence electrons. The highest BCUT2D eigenvalue weighted by atomic mass is 32.1. The van der Waals surface area contributed by atoms with Crippen molar-refractivity contribution in [2.75, 3.05) is 0 Å². The molecule has 0 saturated heterocycles. The molecule has 2 heterocycles. The van der Waals surface area contributed by atoms with Crippen LogP contribution in [0.4, 0.5) is 0 Å². The maximum Gasteiger partial charge on any atom is 0.107 e. The van der Waals surface area contributed by atoms with Gasteiger partial charge in [0.25, 0.3) is 0 Å². The fourth-order valence-corrected chi connectivity index (χ4v) is 2.75. The second-order valence-corrected chi connectivity index (χ2v) is 5.92. The van der Waals surface area contributed by atoms with Crippen molar-refractivity contribution in [1.29, 1.82) is 0 Å². The monoisotopic (exact) mass is 284 g/mol. The van der Waals surface area contributed by atoms with Crippen molar-refractivity contribution in [2.24, 2.45) is 0 Å². The van der Waals surface area contributed by atoms with Gasteiger partial charge in [0.1, 0.15) is 5.01 Å². The Kier molecular flexibility index (Phi) is 3.90. The van der Waals surface area contributed by atoms with E-state index in [0.717, 1.165) is 23.8 Å². The van der Waals surface area contributed by atoms with Crippen LogP contribution in [0.5, 0.6) is 0 Å². The number of benzene rings is 1. The summed E-state index contributed by atoms with van der Waals surface area (Å²) in [5, 5.41) is 4.55. The molecule has 0 aliphatic rings. The van der Waals surface area contributed by atoms with E-state index in [9.17, 15) is 0 Å². The summed E-state index contributed by atoms with van der Waals surface area (Å²) in [7, 11) is 0. The van der Waals surface area contributed by atoms with Gasteiger partial charge in [-0.3, -0.25) is 0 Å². The Balaban J connectivity index is 1.56.